The normalized spacial score (nSPS) is 18.5. The maximum Gasteiger partial charge on any atom is 0.310 e. The van der Waals surface area contributed by atoms with Gasteiger partial charge >= 0.3 is 5.97 Å². The average molecular weight is 249 g/mol. The van der Waals surface area contributed by atoms with Crippen LogP contribution in [0.5, 0.6) is 0 Å². The molecule has 98 valence electrons. The molecule has 4 heteroatoms. The Morgan fingerprint density at radius 2 is 2.17 bits per heavy atom. The zero-order valence-corrected chi connectivity index (χ0v) is 10.6. The van der Waals surface area contributed by atoms with Gasteiger partial charge in [0.2, 0.25) is 0 Å². The first kappa shape index (κ1) is 13.1. The van der Waals surface area contributed by atoms with Gasteiger partial charge in [-0.1, -0.05) is 24.3 Å². The van der Waals surface area contributed by atoms with Crippen molar-refractivity contribution in [3.8, 4) is 0 Å². The van der Waals surface area contributed by atoms with E-state index in [4.69, 9.17) is 9.84 Å². The number of carboxylic acids is 1. The highest BCUT2D eigenvalue weighted by Crippen LogP contribution is 2.18. The highest BCUT2D eigenvalue weighted by Gasteiger charge is 2.15. The lowest BCUT2D eigenvalue weighted by Gasteiger charge is -2.26. The van der Waals surface area contributed by atoms with Gasteiger partial charge in [-0.2, -0.15) is 0 Å². The minimum Gasteiger partial charge on any atom is -0.481 e. The van der Waals surface area contributed by atoms with Crippen LogP contribution in [0.3, 0.4) is 0 Å². The number of hydrogen-bond donors (Lipinski definition) is 1. The maximum atomic E-state index is 11.0. The Kier molecular flexibility index (Phi) is 4.33. The van der Waals surface area contributed by atoms with Crippen molar-refractivity contribution in [1.29, 1.82) is 0 Å². The van der Waals surface area contributed by atoms with Crippen molar-refractivity contribution in [2.24, 2.45) is 0 Å². The molecule has 0 bridgehead atoms. The molecule has 1 aromatic rings. The number of nitrogens with zero attached hydrogens (tertiary/aromatic N) is 1. The Morgan fingerprint density at radius 3 is 2.83 bits per heavy atom. The summed E-state index contributed by atoms with van der Waals surface area (Å²) in [5, 5.41) is 9.02. The second-order valence-corrected chi connectivity index (χ2v) is 4.69. The van der Waals surface area contributed by atoms with Crippen LogP contribution in [0, 0.1) is 0 Å². The molecule has 1 N–H and O–H groups in total. The largest absolute Gasteiger partial charge is 0.481 e. The van der Waals surface area contributed by atoms with E-state index in [9.17, 15) is 4.79 Å². The van der Waals surface area contributed by atoms with Crippen molar-refractivity contribution in [2.45, 2.75) is 19.4 Å². The lowest BCUT2D eigenvalue weighted by molar-refractivity contribution is -0.138. The Hall–Kier alpha value is -1.39. The zero-order chi connectivity index (χ0) is 13.0. The number of hydrogen-bond acceptors (Lipinski definition) is 3. The van der Waals surface area contributed by atoms with E-state index in [1.807, 2.05) is 24.3 Å². The van der Waals surface area contributed by atoms with E-state index in [2.05, 4.69) is 4.90 Å². The predicted molar refractivity (Wildman–Crippen MR) is 68.6 cm³/mol. The van der Waals surface area contributed by atoms with E-state index in [-0.39, 0.29) is 0 Å². The Labute approximate surface area is 107 Å². The molecule has 18 heavy (non-hydrogen) atoms. The smallest absolute Gasteiger partial charge is 0.310 e. The molecular formula is C14H19NO3. The SMILES string of the molecule is CC(C(=O)O)c1cccc(CN2CCOCC2)c1. The van der Waals surface area contributed by atoms with E-state index in [0.29, 0.717) is 0 Å². The summed E-state index contributed by atoms with van der Waals surface area (Å²) in [6.07, 6.45) is 0. The molecule has 2 rings (SSSR count). The van der Waals surface area contributed by atoms with E-state index >= 15 is 0 Å². The number of carboxylic acid groups (broad SMARTS) is 1. The van der Waals surface area contributed by atoms with Crippen LogP contribution in [0.1, 0.15) is 24.0 Å². The Balaban J connectivity index is 2.04. The van der Waals surface area contributed by atoms with E-state index < -0.39 is 11.9 Å². The van der Waals surface area contributed by atoms with Gasteiger partial charge in [-0.3, -0.25) is 9.69 Å². The molecule has 0 saturated carbocycles. The van der Waals surface area contributed by atoms with Crippen LogP contribution in [0.2, 0.25) is 0 Å². The molecule has 4 nitrogen and oxygen atoms in total. The Morgan fingerprint density at radius 1 is 1.44 bits per heavy atom. The van der Waals surface area contributed by atoms with Gasteiger partial charge < -0.3 is 9.84 Å². The summed E-state index contributed by atoms with van der Waals surface area (Å²) in [6.45, 7) is 6.04. The summed E-state index contributed by atoms with van der Waals surface area (Å²) in [4.78, 5) is 13.3. The fraction of sp³-hybridized carbons (Fsp3) is 0.500. The average Bonchev–Trinajstić information content (AvgIpc) is 2.39. The molecule has 1 unspecified atom stereocenters. The van der Waals surface area contributed by atoms with Crippen molar-refractivity contribution in [1.82, 2.24) is 4.90 Å². The van der Waals surface area contributed by atoms with Crippen molar-refractivity contribution in [3.63, 3.8) is 0 Å². The standard InChI is InChI=1S/C14H19NO3/c1-11(14(16)17)13-4-2-3-12(9-13)10-15-5-7-18-8-6-15/h2-4,9,11H,5-8,10H2,1H3,(H,16,17). The molecule has 1 atom stereocenters. The summed E-state index contributed by atoms with van der Waals surface area (Å²) in [5.74, 6) is -1.23. The monoisotopic (exact) mass is 249 g/mol. The van der Waals surface area contributed by atoms with Gasteiger partial charge in [-0.25, -0.2) is 0 Å². The molecule has 1 heterocycles. The van der Waals surface area contributed by atoms with Gasteiger partial charge in [0.25, 0.3) is 0 Å². The van der Waals surface area contributed by atoms with Crippen molar-refractivity contribution >= 4 is 5.97 Å². The lowest BCUT2D eigenvalue weighted by atomic mass is 9.99. The first-order valence-corrected chi connectivity index (χ1v) is 6.28. The predicted octanol–water partition coefficient (Wildman–Crippen LogP) is 1.71. The molecule has 1 aliphatic rings. The van der Waals surface area contributed by atoms with E-state index in [1.165, 1.54) is 5.56 Å². The first-order valence-electron chi connectivity index (χ1n) is 6.28. The number of aliphatic carboxylic acids is 1. The molecule has 0 spiro atoms. The summed E-state index contributed by atoms with van der Waals surface area (Å²) in [7, 11) is 0. The quantitative estimate of drug-likeness (QED) is 0.882. The van der Waals surface area contributed by atoms with Gasteiger partial charge in [-0.05, 0) is 18.1 Å². The van der Waals surface area contributed by atoms with Gasteiger partial charge in [0.1, 0.15) is 0 Å². The molecule has 0 aromatic heterocycles. The maximum absolute atomic E-state index is 11.0. The van der Waals surface area contributed by atoms with E-state index in [1.54, 1.807) is 6.92 Å². The third kappa shape index (κ3) is 3.31. The van der Waals surface area contributed by atoms with Crippen molar-refractivity contribution in [2.75, 3.05) is 26.3 Å². The number of morpholine rings is 1. The first-order chi connectivity index (χ1) is 8.66. The van der Waals surface area contributed by atoms with Crippen LogP contribution < -0.4 is 0 Å². The number of ether oxygens (including phenoxy) is 1. The van der Waals surface area contributed by atoms with Crippen LogP contribution in [-0.4, -0.2) is 42.3 Å². The van der Waals surface area contributed by atoms with Crippen LogP contribution in [0.4, 0.5) is 0 Å². The molecule has 0 amide bonds. The topological polar surface area (TPSA) is 49.8 Å². The Bertz CT molecular complexity index is 413. The zero-order valence-electron chi connectivity index (χ0n) is 10.6. The van der Waals surface area contributed by atoms with Crippen LogP contribution >= 0.6 is 0 Å². The van der Waals surface area contributed by atoms with Gasteiger partial charge in [-0.15, -0.1) is 0 Å². The lowest BCUT2D eigenvalue weighted by Crippen LogP contribution is -2.35. The molecule has 1 saturated heterocycles. The van der Waals surface area contributed by atoms with Crippen LogP contribution in [0.25, 0.3) is 0 Å². The van der Waals surface area contributed by atoms with E-state index in [0.717, 1.165) is 38.4 Å². The summed E-state index contributed by atoms with van der Waals surface area (Å²) >= 11 is 0. The summed E-state index contributed by atoms with van der Waals surface area (Å²) < 4.78 is 5.31. The van der Waals surface area contributed by atoms with Gasteiger partial charge in [0.05, 0.1) is 19.1 Å². The third-order valence-corrected chi connectivity index (χ3v) is 3.33. The van der Waals surface area contributed by atoms with Gasteiger partial charge in [0, 0.05) is 19.6 Å². The van der Waals surface area contributed by atoms with Gasteiger partial charge in [0.15, 0.2) is 0 Å². The number of benzene rings is 1. The number of carbonyl (C=O) groups is 1. The number of rotatable bonds is 4. The molecule has 0 radical (unpaired) electrons. The van der Waals surface area contributed by atoms with Crippen LogP contribution in [0.15, 0.2) is 24.3 Å². The molecule has 1 aliphatic heterocycles. The highest BCUT2D eigenvalue weighted by molar-refractivity contribution is 5.75. The fourth-order valence-electron chi connectivity index (χ4n) is 2.12. The minimum atomic E-state index is -0.779. The molecule has 1 fully saturated rings. The second kappa shape index (κ2) is 5.98. The van der Waals surface area contributed by atoms with Crippen molar-refractivity contribution < 1.29 is 14.6 Å². The summed E-state index contributed by atoms with van der Waals surface area (Å²) in [6, 6.07) is 7.86. The second-order valence-electron chi connectivity index (χ2n) is 4.69. The summed E-state index contributed by atoms with van der Waals surface area (Å²) in [5.41, 5.74) is 2.04. The highest BCUT2D eigenvalue weighted by atomic mass is 16.5. The molecule has 1 aromatic carbocycles. The third-order valence-electron chi connectivity index (χ3n) is 3.33. The molecule has 0 aliphatic carbocycles. The van der Waals surface area contributed by atoms with Crippen LogP contribution in [-0.2, 0) is 16.1 Å². The molecular weight excluding hydrogens is 230 g/mol. The van der Waals surface area contributed by atoms with Crippen molar-refractivity contribution in [3.05, 3.63) is 35.4 Å². The minimum absolute atomic E-state index is 0.449. The fourth-order valence-corrected chi connectivity index (χ4v) is 2.12.